The molecule has 0 saturated carbocycles. The Morgan fingerprint density at radius 1 is 0.229 bits per heavy atom. The number of hydrogen-bond donors (Lipinski definition) is 6. The highest BCUT2D eigenvalue weighted by Gasteiger charge is 2.29. The molecule has 0 saturated heterocycles. The first-order valence-electron chi connectivity index (χ1n) is 22.6. The van der Waals surface area contributed by atoms with Crippen LogP contribution < -0.4 is 21.3 Å². The van der Waals surface area contributed by atoms with E-state index in [4.69, 9.17) is 0 Å². The highest BCUT2D eigenvalue weighted by atomic mass is 16.2. The Hall–Kier alpha value is -9.80. The number of benzene rings is 8. The lowest BCUT2D eigenvalue weighted by atomic mass is 9.94. The maximum absolute atomic E-state index is 13.5. The van der Waals surface area contributed by atoms with Crippen LogP contribution in [0.1, 0.15) is 42.0 Å². The number of aromatic amines is 2. The van der Waals surface area contributed by atoms with Crippen LogP contribution in [-0.2, 0) is 0 Å². The Bertz CT molecular complexity index is 2900. The van der Waals surface area contributed by atoms with E-state index in [1.165, 1.54) is 0 Å². The molecule has 8 aromatic carbocycles. The molecule has 10 rings (SSSR count). The maximum Gasteiger partial charge on any atom is 0.272 e. The predicted molar refractivity (Wildman–Crippen MR) is 281 cm³/mol. The van der Waals surface area contributed by atoms with Crippen molar-refractivity contribution in [3.05, 3.63) is 265 Å². The summed E-state index contributed by atoms with van der Waals surface area (Å²) in [5.74, 6) is -1.31. The molecule has 0 aliphatic heterocycles. The highest BCUT2D eigenvalue weighted by molar-refractivity contribution is 6.18. The fourth-order valence-electron chi connectivity index (χ4n) is 8.12. The van der Waals surface area contributed by atoms with Crippen LogP contribution in [0.15, 0.2) is 243 Å². The van der Waals surface area contributed by atoms with E-state index in [9.17, 15) is 19.2 Å². The summed E-state index contributed by atoms with van der Waals surface area (Å²) in [5, 5.41) is 11.8. The van der Waals surface area contributed by atoms with Gasteiger partial charge in [0, 0.05) is 45.0 Å². The van der Waals surface area contributed by atoms with Gasteiger partial charge in [-0.2, -0.15) is 0 Å². The van der Waals surface area contributed by atoms with Crippen LogP contribution in [0.5, 0.6) is 0 Å². The van der Waals surface area contributed by atoms with Gasteiger partial charge in [-0.1, -0.05) is 194 Å². The molecule has 2 aromatic heterocycles. The summed E-state index contributed by atoms with van der Waals surface area (Å²) in [6, 6.07) is 75.5. The molecular formula is C60H46N6O4. The molecule has 0 aliphatic rings. The minimum Gasteiger partial charge on any atom is -0.345 e. The number of carbonyl (C=O) groups is 4. The lowest BCUT2D eigenvalue weighted by Crippen LogP contribution is -2.15. The van der Waals surface area contributed by atoms with Gasteiger partial charge in [0.1, 0.15) is 22.8 Å². The lowest BCUT2D eigenvalue weighted by molar-refractivity contribution is 0.100. The van der Waals surface area contributed by atoms with Gasteiger partial charge in [-0.25, -0.2) is 0 Å². The van der Waals surface area contributed by atoms with Crippen LogP contribution in [0.25, 0.3) is 44.5 Å². The summed E-state index contributed by atoms with van der Waals surface area (Å²) in [7, 11) is 0. The lowest BCUT2D eigenvalue weighted by Gasteiger charge is -2.10. The monoisotopic (exact) mass is 914 g/mol. The average molecular weight is 915 g/mol. The number of para-hydroxylation sites is 4. The van der Waals surface area contributed by atoms with Crippen molar-refractivity contribution in [2.24, 2.45) is 0 Å². The Morgan fingerprint density at radius 2 is 0.386 bits per heavy atom. The van der Waals surface area contributed by atoms with Gasteiger partial charge in [-0.05, 0) is 70.8 Å². The van der Waals surface area contributed by atoms with Crippen molar-refractivity contribution >= 4 is 46.4 Å². The summed E-state index contributed by atoms with van der Waals surface area (Å²) in [5.41, 5.74) is 9.95. The first-order valence-corrected chi connectivity index (χ1v) is 22.6. The zero-order valence-electron chi connectivity index (χ0n) is 37.7. The van der Waals surface area contributed by atoms with E-state index < -0.39 is 0 Å². The zero-order chi connectivity index (χ0) is 48.1. The molecule has 340 valence electrons. The third kappa shape index (κ3) is 10.6. The van der Waals surface area contributed by atoms with Gasteiger partial charge < -0.3 is 31.2 Å². The van der Waals surface area contributed by atoms with Crippen molar-refractivity contribution in [1.82, 2.24) is 9.97 Å². The topological polar surface area (TPSA) is 148 Å². The molecule has 10 nitrogen and oxygen atoms in total. The van der Waals surface area contributed by atoms with E-state index in [-0.39, 0.29) is 23.6 Å². The SMILES string of the molecule is O=C(Nc1ccccc1)c1[nH]c(C(=O)Nc2ccccc2)c(-c2ccccc2)c1-c1ccccc1.O=C(Nc1ccccc1)c1[nH]c(C(=O)Nc2ccccc2)c(-c2ccccc2)c1-c1ccccc1. The third-order valence-corrected chi connectivity index (χ3v) is 11.3. The minimum absolute atomic E-state index is 0.317. The summed E-state index contributed by atoms with van der Waals surface area (Å²) >= 11 is 0. The third-order valence-electron chi connectivity index (χ3n) is 11.3. The van der Waals surface area contributed by atoms with Gasteiger partial charge in [-0.15, -0.1) is 0 Å². The molecule has 0 atom stereocenters. The van der Waals surface area contributed by atoms with E-state index >= 15 is 0 Å². The summed E-state index contributed by atoms with van der Waals surface area (Å²) in [4.78, 5) is 60.4. The van der Waals surface area contributed by atoms with Crippen LogP contribution in [0.2, 0.25) is 0 Å². The molecule has 2 heterocycles. The highest BCUT2D eigenvalue weighted by Crippen LogP contribution is 2.40. The van der Waals surface area contributed by atoms with Gasteiger partial charge in [0.15, 0.2) is 0 Å². The second-order valence-electron chi connectivity index (χ2n) is 16.0. The predicted octanol–water partition coefficient (Wildman–Crippen LogP) is 13.7. The first kappa shape index (κ1) is 45.4. The van der Waals surface area contributed by atoms with Crippen LogP contribution >= 0.6 is 0 Å². The summed E-state index contributed by atoms with van der Waals surface area (Å²) < 4.78 is 0. The number of amides is 4. The average Bonchev–Trinajstić information content (AvgIpc) is 4.03. The molecule has 0 fully saturated rings. The van der Waals surface area contributed by atoms with Crippen LogP contribution in [0.3, 0.4) is 0 Å². The largest absolute Gasteiger partial charge is 0.345 e. The molecule has 0 spiro atoms. The molecular weight excluding hydrogens is 869 g/mol. The van der Waals surface area contributed by atoms with Crippen LogP contribution in [-0.4, -0.2) is 33.6 Å². The fraction of sp³-hybridized carbons (Fsp3) is 0. The molecule has 0 unspecified atom stereocenters. The molecule has 0 bridgehead atoms. The number of aromatic nitrogens is 2. The van der Waals surface area contributed by atoms with Gasteiger partial charge >= 0.3 is 0 Å². The Kier molecular flexibility index (Phi) is 14.0. The summed E-state index contributed by atoms with van der Waals surface area (Å²) in [6.07, 6.45) is 0. The normalized spacial score (nSPS) is 10.5. The zero-order valence-corrected chi connectivity index (χ0v) is 37.7. The van der Waals surface area contributed by atoms with E-state index in [0.29, 0.717) is 67.8 Å². The van der Waals surface area contributed by atoms with Gasteiger partial charge in [0.05, 0.1) is 0 Å². The van der Waals surface area contributed by atoms with E-state index in [1.807, 2.05) is 243 Å². The molecule has 10 heteroatoms. The number of H-pyrrole nitrogens is 2. The first-order chi connectivity index (χ1) is 34.4. The van der Waals surface area contributed by atoms with Crippen molar-refractivity contribution in [1.29, 1.82) is 0 Å². The quantitative estimate of drug-likeness (QED) is 0.0724. The van der Waals surface area contributed by atoms with E-state index in [1.54, 1.807) is 0 Å². The van der Waals surface area contributed by atoms with Crippen LogP contribution in [0.4, 0.5) is 22.7 Å². The van der Waals surface area contributed by atoms with Crippen LogP contribution in [0, 0.1) is 0 Å². The van der Waals surface area contributed by atoms with Crippen molar-refractivity contribution < 1.29 is 19.2 Å². The van der Waals surface area contributed by atoms with Crippen molar-refractivity contribution in [2.45, 2.75) is 0 Å². The standard InChI is InChI=1S/2C30H23N3O2/c2*34-29(31-23-17-9-3-10-18-23)27-25(21-13-5-1-6-14-21)26(22-15-7-2-8-16-22)28(33-27)30(35)32-24-19-11-4-12-20-24/h2*1-20,33H,(H,31,34)(H,32,35). The Labute approximate surface area is 405 Å². The van der Waals surface area contributed by atoms with Gasteiger partial charge in [-0.3, -0.25) is 19.2 Å². The van der Waals surface area contributed by atoms with Crippen molar-refractivity contribution in [3.8, 4) is 44.5 Å². The Balaban J connectivity index is 0.000000174. The molecule has 10 aromatic rings. The number of anilines is 4. The molecule has 4 amide bonds. The van der Waals surface area contributed by atoms with E-state index in [0.717, 1.165) is 22.3 Å². The maximum atomic E-state index is 13.5. The molecule has 0 aliphatic carbocycles. The number of nitrogens with one attached hydrogen (secondary N) is 6. The molecule has 0 radical (unpaired) electrons. The smallest absolute Gasteiger partial charge is 0.272 e. The number of hydrogen-bond acceptors (Lipinski definition) is 4. The number of carbonyl (C=O) groups excluding carboxylic acids is 4. The van der Waals surface area contributed by atoms with Gasteiger partial charge in [0.2, 0.25) is 0 Å². The molecule has 70 heavy (non-hydrogen) atoms. The second kappa shape index (κ2) is 21.7. The van der Waals surface area contributed by atoms with Crippen molar-refractivity contribution in [2.75, 3.05) is 21.3 Å². The second-order valence-corrected chi connectivity index (χ2v) is 16.0. The fourth-order valence-corrected chi connectivity index (χ4v) is 8.12. The minimum atomic E-state index is -0.328. The van der Waals surface area contributed by atoms with E-state index in [2.05, 4.69) is 31.2 Å². The van der Waals surface area contributed by atoms with Crippen molar-refractivity contribution in [3.63, 3.8) is 0 Å². The summed E-state index contributed by atoms with van der Waals surface area (Å²) in [6.45, 7) is 0. The Morgan fingerprint density at radius 3 is 0.557 bits per heavy atom. The molecule has 6 N–H and O–H groups in total. The van der Waals surface area contributed by atoms with Gasteiger partial charge in [0.25, 0.3) is 23.6 Å². The number of rotatable bonds is 12.